The van der Waals surface area contributed by atoms with Gasteiger partial charge < -0.3 is 42.0 Å². The number of amides is 3. The zero-order chi connectivity index (χ0) is 26.1. The van der Waals surface area contributed by atoms with Crippen molar-refractivity contribution in [2.45, 2.75) is 50.4 Å². The zero-order valence-electron chi connectivity index (χ0n) is 19.0. The van der Waals surface area contributed by atoms with Crippen molar-refractivity contribution >= 4 is 40.6 Å². The van der Waals surface area contributed by atoms with Crippen LogP contribution in [-0.4, -0.2) is 80.7 Å². The standard InChI is InChI=1S/C22H29N5O8/c1-11(22(34)35)25-20(32)16(8-12-9-24-15-5-3-2-4-13(12)15)26-21(33)17(10-28)27-19(31)14(23)6-7-18(29)30/h2-5,9,11,14,16-17,24,28H,6-8,10,23H2,1H3,(H,25,32)(H,26,33)(H,27,31)(H,29,30)(H,34,35). The van der Waals surface area contributed by atoms with E-state index in [2.05, 4.69) is 20.9 Å². The molecular formula is C22H29N5O8. The number of nitrogens with two attached hydrogens (primary N) is 1. The summed E-state index contributed by atoms with van der Waals surface area (Å²) in [6.45, 7) is 0.441. The van der Waals surface area contributed by atoms with E-state index in [1.807, 2.05) is 18.2 Å². The first-order valence-corrected chi connectivity index (χ1v) is 10.8. The number of benzene rings is 1. The van der Waals surface area contributed by atoms with Gasteiger partial charge in [0.1, 0.15) is 18.1 Å². The third-order valence-corrected chi connectivity index (χ3v) is 5.28. The first kappa shape index (κ1) is 27.3. The van der Waals surface area contributed by atoms with Crippen LogP contribution < -0.4 is 21.7 Å². The lowest BCUT2D eigenvalue weighted by Gasteiger charge is -2.23. The minimum absolute atomic E-state index is 0.0157. The van der Waals surface area contributed by atoms with Gasteiger partial charge in [-0.1, -0.05) is 18.2 Å². The van der Waals surface area contributed by atoms with Crippen molar-refractivity contribution in [2.75, 3.05) is 6.61 Å². The molecule has 35 heavy (non-hydrogen) atoms. The molecule has 4 unspecified atom stereocenters. The maximum atomic E-state index is 12.8. The van der Waals surface area contributed by atoms with Crippen molar-refractivity contribution < 1.29 is 39.3 Å². The maximum Gasteiger partial charge on any atom is 0.325 e. The molecule has 13 nitrogen and oxygen atoms in total. The highest BCUT2D eigenvalue weighted by Gasteiger charge is 2.30. The number of nitrogens with one attached hydrogen (secondary N) is 4. The van der Waals surface area contributed by atoms with Crippen LogP contribution in [0.25, 0.3) is 10.9 Å². The highest BCUT2D eigenvalue weighted by molar-refractivity contribution is 5.95. The molecule has 0 bridgehead atoms. The average molecular weight is 492 g/mol. The molecule has 190 valence electrons. The van der Waals surface area contributed by atoms with Gasteiger partial charge in [0.2, 0.25) is 17.7 Å². The van der Waals surface area contributed by atoms with Gasteiger partial charge in [0, 0.05) is 29.9 Å². The molecule has 0 saturated heterocycles. The Hall–Kier alpha value is -3.97. The average Bonchev–Trinajstić information content (AvgIpc) is 3.22. The maximum absolute atomic E-state index is 12.8. The van der Waals surface area contributed by atoms with E-state index < -0.39 is 60.4 Å². The van der Waals surface area contributed by atoms with Gasteiger partial charge in [-0.15, -0.1) is 0 Å². The first-order valence-electron chi connectivity index (χ1n) is 10.8. The van der Waals surface area contributed by atoms with E-state index in [9.17, 15) is 29.1 Å². The van der Waals surface area contributed by atoms with Crippen LogP contribution >= 0.6 is 0 Å². The van der Waals surface area contributed by atoms with E-state index >= 15 is 0 Å². The molecule has 1 heterocycles. The molecule has 0 fully saturated rings. The summed E-state index contributed by atoms with van der Waals surface area (Å²) in [6.07, 6.45) is 1.10. The number of para-hydroxylation sites is 1. The minimum atomic E-state index is -1.48. The summed E-state index contributed by atoms with van der Waals surface area (Å²) in [7, 11) is 0. The Morgan fingerprint density at radius 1 is 0.971 bits per heavy atom. The van der Waals surface area contributed by atoms with Crippen molar-refractivity contribution in [3.63, 3.8) is 0 Å². The Bertz CT molecular complexity index is 1080. The van der Waals surface area contributed by atoms with Crippen LogP contribution in [0.1, 0.15) is 25.3 Å². The van der Waals surface area contributed by atoms with Crippen LogP contribution in [0.2, 0.25) is 0 Å². The second-order valence-electron chi connectivity index (χ2n) is 7.98. The SMILES string of the molecule is CC(NC(=O)C(Cc1c[nH]c2ccccc12)NC(=O)C(CO)NC(=O)C(N)CCC(=O)O)C(=O)O. The van der Waals surface area contributed by atoms with Crippen LogP contribution in [0.3, 0.4) is 0 Å². The predicted molar refractivity (Wildman–Crippen MR) is 123 cm³/mol. The molecule has 0 aliphatic heterocycles. The van der Waals surface area contributed by atoms with Crippen LogP contribution in [0.4, 0.5) is 0 Å². The molecule has 0 radical (unpaired) electrons. The summed E-state index contributed by atoms with van der Waals surface area (Å²) in [5, 5.41) is 35.2. The molecule has 13 heteroatoms. The van der Waals surface area contributed by atoms with E-state index in [0.29, 0.717) is 5.56 Å². The van der Waals surface area contributed by atoms with Crippen LogP contribution in [0.15, 0.2) is 30.5 Å². The highest BCUT2D eigenvalue weighted by Crippen LogP contribution is 2.19. The molecular weight excluding hydrogens is 462 g/mol. The Kier molecular flexibility index (Phi) is 9.73. The molecule has 2 aromatic rings. The smallest absolute Gasteiger partial charge is 0.325 e. The molecule has 0 aliphatic carbocycles. The Morgan fingerprint density at radius 3 is 2.23 bits per heavy atom. The number of aromatic amines is 1. The minimum Gasteiger partial charge on any atom is -0.481 e. The molecule has 1 aromatic heterocycles. The van der Waals surface area contributed by atoms with Gasteiger partial charge in [-0.25, -0.2) is 0 Å². The van der Waals surface area contributed by atoms with E-state index in [-0.39, 0.29) is 19.3 Å². The van der Waals surface area contributed by atoms with Gasteiger partial charge in [-0.05, 0) is 25.0 Å². The summed E-state index contributed by atoms with van der Waals surface area (Å²) in [5.41, 5.74) is 7.10. The van der Waals surface area contributed by atoms with Crippen molar-refractivity contribution in [3.05, 3.63) is 36.0 Å². The van der Waals surface area contributed by atoms with Gasteiger partial charge in [-0.2, -0.15) is 0 Å². The lowest BCUT2D eigenvalue weighted by molar-refractivity contribution is -0.142. The van der Waals surface area contributed by atoms with E-state index in [1.165, 1.54) is 6.92 Å². The number of carboxylic acid groups (broad SMARTS) is 2. The molecule has 3 amide bonds. The number of rotatable bonds is 13. The van der Waals surface area contributed by atoms with Crippen molar-refractivity contribution in [1.29, 1.82) is 0 Å². The van der Waals surface area contributed by atoms with Gasteiger partial charge >= 0.3 is 11.9 Å². The molecule has 0 aliphatic rings. The number of aliphatic hydroxyl groups excluding tert-OH is 1. The van der Waals surface area contributed by atoms with E-state index in [4.69, 9.17) is 15.9 Å². The fourth-order valence-corrected chi connectivity index (χ4v) is 3.26. The summed E-state index contributed by atoms with van der Waals surface area (Å²) >= 11 is 0. The number of aromatic nitrogens is 1. The van der Waals surface area contributed by atoms with Crippen LogP contribution in [0, 0.1) is 0 Å². The van der Waals surface area contributed by atoms with Crippen LogP contribution in [0.5, 0.6) is 0 Å². The first-order chi connectivity index (χ1) is 16.5. The topological polar surface area (TPSA) is 224 Å². The van der Waals surface area contributed by atoms with E-state index in [0.717, 1.165) is 10.9 Å². The van der Waals surface area contributed by atoms with Gasteiger partial charge in [-0.3, -0.25) is 24.0 Å². The number of carbonyl (C=O) groups excluding carboxylic acids is 3. The van der Waals surface area contributed by atoms with Crippen LogP contribution in [-0.2, 0) is 30.4 Å². The molecule has 0 saturated carbocycles. The second kappa shape index (κ2) is 12.5. The number of H-pyrrole nitrogens is 1. The molecule has 9 N–H and O–H groups in total. The number of carboxylic acids is 2. The van der Waals surface area contributed by atoms with E-state index in [1.54, 1.807) is 12.3 Å². The molecule has 4 atom stereocenters. The lowest BCUT2D eigenvalue weighted by atomic mass is 10.0. The number of hydrogen-bond donors (Lipinski definition) is 8. The normalized spacial score (nSPS) is 14.4. The predicted octanol–water partition coefficient (Wildman–Crippen LogP) is -1.55. The fourth-order valence-electron chi connectivity index (χ4n) is 3.26. The summed E-state index contributed by atoms with van der Waals surface area (Å²) in [4.78, 5) is 62.7. The van der Waals surface area contributed by atoms with Gasteiger partial charge in [0.25, 0.3) is 0 Å². The van der Waals surface area contributed by atoms with Crippen molar-refractivity contribution in [2.24, 2.45) is 5.73 Å². The number of aliphatic carboxylic acids is 2. The molecule has 0 spiro atoms. The largest absolute Gasteiger partial charge is 0.481 e. The third kappa shape index (κ3) is 7.79. The summed E-state index contributed by atoms with van der Waals surface area (Å²) < 4.78 is 0. The summed E-state index contributed by atoms with van der Waals surface area (Å²) in [6, 6.07) is 2.07. The quantitative estimate of drug-likeness (QED) is 0.162. The molecule has 2 rings (SSSR count). The second-order valence-corrected chi connectivity index (χ2v) is 7.98. The number of hydrogen-bond acceptors (Lipinski definition) is 7. The summed E-state index contributed by atoms with van der Waals surface area (Å²) in [5.74, 6) is -4.95. The Balaban J connectivity index is 2.17. The highest BCUT2D eigenvalue weighted by atomic mass is 16.4. The Labute approximate surface area is 200 Å². The monoisotopic (exact) mass is 491 g/mol. The van der Waals surface area contributed by atoms with Gasteiger partial charge in [0.05, 0.1) is 12.6 Å². The molecule has 1 aromatic carbocycles. The third-order valence-electron chi connectivity index (χ3n) is 5.28. The van der Waals surface area contributed by atoms with Crippen molar-refractivity contribution in [3.8, 4) is 0 Å². The fraction of sp³-hybridized carbons (Fsp3) is 0.409. The number of aliphatic hydroxyl groups is 1. The number of carbonyl (C=O) groups is 5. The Morgan fingerprint density at radius 2 is 1.60 bits per heavy atom. The zero-order valence-corrected chi connectivity index (χ0v) is 19.0. The number of fused-ring (bicyclic) bond motifs is 1. The lowest BCUT2D eigenvalue weighted by Crippen LogP contribution is -2.58. The van der Waals surface area contributed by atoms with Gasteiger partial charge in [0.15, 0.2) is 0 Å². The van der Waals surface area contributed by atoms with Crippen molar-refractivity contribution in [1.82, 2.24) is 20.9 Å².